The van der Waals surface area contributed by atoms with Gasteiger partial charge in [-0.05, 0) is 40.9 Å². The molecule has 6 heteroatoms. The van der Waals surface area contributed by atoms with Gasteiger partial charge in [-0.2, -0.15) is 0 Å². The van der Waals surface area contributed by atoms with Gasteiger partial charge in [0.05, 0.1) is 16.3 Å². The van der Waals surface area contributed by atoms with Crippen LogP contribution in [0.4, 0.5) is 10.1 Å². The fourth-order valence-electron chi connectivity index (χ4n) is 2.17. The Hall–Kier alpha value is -1.14. The Morgan fingerprint density at radius 2 is 2.28 bits per heavy atom. The number of anilines is 1. The molecule has 18 heavy (non-hydrogen) atoms. The standard InChI is InChI=1S/C12H15BrFN3O/c13-10-8(12(15)16)3-4-9(11(10)14)17-5-1-2-7(18)6-17/h3-4,7,18H,1-2,5-6H2,(H3,15,16). The van der Waals surface area contributed by atoms with Crippen LogP contribution in [0.15, 0.2) is 16.6 Å². The third kappa shape index (κ3) is 2.49. The van der Waals surface area contributed by atoms with Gasteiger partial charge in [0.15, 0.2) is 5.82 Å². The molecule has 1 heterocycles. The van der Waals surface area contributed by atoms with Crippen molar-refractivity contribution in [3.05, 3.63) is 28.0 Å². The lowest BCUT2D eigenvalue weighted by atomic mass is 10.1. The SMILES string of the molecule is N=C(N)c1ccc(N2CCCC(O)C2)c(F)c1Br. The van der Waals surface area contributed by atoms with Crippen molar-refractivity contribution < 1.29 is 9.50 Å². The topological polar surface area (TPSA) is 73.3 Å². The van der Waals surface area contributed by atoms with Crippen molar-refractivity contribution in [3.63, 3.8) is 0 Å². The van der Waals surface area contributed by atoms with Crippen molar-refractivity contribution in [3.8, 4) is 0 Å². The number of nitrogens with two attached hydrogens (primary N) is 1. The number of aliphatic hydroxyl groups excluding tert-OH is 1. The fraction of sp³-hybridized carbons (Fsp3) is 0.417. The summed E-state index contributed by atoms with van der Waals surface area (Å²) in [4.78, 5) is 1.82. The Labute approximate surface area is 113 Å². The van der Waals surface area contributed by atoms with Gasteiger partial charge in [-0.3, -0.25) is 5.41 Å². The largest absolute Gasteiger partial charge is 0.391 e. The minimum Gasteiger partial charge on any atom is -0.391 e. The molecule has 0 saturated carbocycles. The van der Waals surface area contributed by atoms with Crippen LogP contribution in [0.2, 0.25) is 0 Å². The predicted octanol–water partition coefficient (Wildman–Crippen LogP) is 1.83. The molecule has 1 fully saturated rings. The van der Waals surface area contributed by atoms with Crippen molar-refractivity contribution in [1.29, 1.82) is 5.41 Å². The molecule has 1 aromatic rings. The van der Waals surface area contributed by atoms with Crippen molar-refractivity contribution in [2.75, 3.05) is 18.0 Å². The number of hydrogen-bond acceptors (Lipinski definition) is 3. The molecule has 98 valence electrons. The van der Waals surface area contributed by atoms with Crippen molar-refractivity contribution in [2.45, 2.75) is 18.9 Å². The van der Waals surface area contributed by atoms with Crippen molar-refractivity contribution >= 4 is 27.5 Å². The number of halogens is 2. The third-order valence-corrected chi connectivity index (χ3v) is 3.86. The average Bonchev–Trinajstić information content (AvgIpc) is 2.32. The van der Waals surface area contributed by atoms with E-state index in [1.54, 1.807) is 12.1 Å². The van der Waals surface area contributed by atoms with Crippen LogP contribution in [0.3, 0.4) is 0 Å². The van der Waals surface area contributed by atoms with E-state index in [1.165, 1.54) is 0 Å². The Morgan fingerprint density at radius 1 is 1.56 bits per heavy atom. The monoisotopic (exact) mass is 315 g/mol. The molecule has 1 aliphatic rings. The number of hydrogen-bond donors (Lipinski definition) is 3. The van der Waals surface area contributed by atoms with Crippen molar-refractivity contribution in [1.82, 2.24) is 0 Å². The summed E-state index contributed by atoms with van der Waals surface area (Å²) in [6.07, 6.45) is 1.18. The molecule has 1 saturated heterocycles. The number of piperidine rings is 1. The van der Waals surface area contributed by atoms with Gasteiger partial charge < -0.3 is 15.7 Å². The zero-order valence-corrected chi connectivity index (χ0v) is 11.4. The van der Waals surface area contributed by atoms with Gasteiger partial charge in [0.2, 0.25) is 0 Å². The van der Waals surface area contributed by atoms with E-state index in [1.807, 2.05) is 4.90 Å². The summed E-state index contributed by atoms with van der Waals surface area (Å²) in [6.45, 7) is 1.16. The Kier molecular flexibility index (Phi) is 3.87. The number of nitrogens with zero attached hydrogens (tertiary/aromatic N) is 1. The first kappa shape index (κ1) is 13.3. The number of rotatable bonds is 2. The first-order chi connectivity index (χ1) is 8.50. The van der Waals surface area contributed by atoms with E-state index >= 15 is 0 Å². The molecule has 4 N–H and O–H groups in total. The molecule has 0 radical (unpaired) electrons. The second-order valence-corrected chi connectivity index (χ2v) is 5.21. The zero-order chi connectivity index (χ0) is 13.3. The molecule has 0 aromatic heterocycles. The van der Waals surface area contributed by atoms with Crippen LogP contribution in [-0.4, -0.2) is 30.1 Å². The van der Waals surface area contributed by atoms with Gasteiger partial charge in [-0.1, -0.05) is 0 Å². The number of nitrogen functional groups attached to an aromatic ring is 1. The van der Waals surface area contributed by atoms with E-state index in [2.05, 4.69) is 15.9 Å². The quantitative estimate of drug-likeness (QED) is 0.576. The predicted molar refractivity (Wildman–Crippen MR) is 72.6 cm³/mol. The molecule has 2 rings (SSSR count). The van der Waals surface area contributed by atoms with E-state index in [9.17, 15) is 9.50 Å². The molecule has 1 atom stereocenters. The van der Waals surface area contributed by atoms with Gasteiger partial charge in [0.25, 0.3) is 0 Å². The summed E-state index contributed by atoms with van der Waals surface area (Å²) in [5.74, 6) is -0.609. The van der Waals surface area contributed by atoms with Gasteiger partial charge in [-0.15, -0.1) is 0 Å². The molecule has 0 amide bonds. The summed E-state index contributed by atoms with van der Waals surface area (Å²) >= 11 is 3.13. The highest BCUT2D eigenvalue weighted by atomic mass is 79.9. The second-order valence-electron chi connectivity index (χ2n) is 4.42. The number of nitrogens with one attached hydrogen (secondary N) is 1. The maximum Gasteiger partial charge on any atom is 0.161 e. The lowest BCUT2D eigenvalue weighted by molar-refractivity contribution is 0.154. The Balaban J connectivity index is 2.34. The maximum absolute atomic E-state index is 14.2. The van der Waals surface area contributed by atoms with Crippen LogP contribution in [0, 0.1) is 11.2 Å². The average molecular weight is 316 g/mol. The molecular weight excluding hydrogens is 301 g/mol. The van der Waals surface area contributed by atoms with Crippen molar-refractivity contribution in [2.24, 2.45) is 5.73 Å². The third-order valence-electron chi connectivity index (χ3n) is 3.09. The van der Waals surface area contributed by atoms with E-state index < -0.39 is 11.9 Å². The summed E-state index contributed by atoms with van der Waals surface area (Å²) < 4.78 is 14.4. The summed E-state index contributed by atoms with van der Waals surface area (Å²) in [5, 5.41) is 17.0. The van der Waals surface area contributed by atoms with E-state index in [4.69, 9.17) is 11.1 Å². The van der Waals surface area contributed by atoms with Crippen LogP contribution in [0.25, 0.3) is 0 Å². The van der Waals surface area contributed by atoms with Gasteiger partial charge in [0.1, 0.15) is 5.84 Å². The Morgan fingerprint density at radius 3 is 2.89 bits per heavy atom. The number of benzene rings is 1. The molecule has 0 aliphatic carbocycles. The second kappa shape index (κ2) is 5.24. The summed E-state index contributed by atoms with van der Waals surface area (Å²) in [5.41, 5.74) is 6.14. The van der Waals surface area contributed by atoms with Gasteiger partial charge in [-0.25, -0.2) is 4.39 Å². The van der Waals surface area contributed by atoms with Crippen LogP contribution < -0.4 is 10.6 Å². The van der Waals surface area contributed by atoms with E-state index in [-0.39, 0.29) is 10.3 Å². The normalized spacial score (nSPS) is 19.9. The fourth-order valence-corrected chi connectivity index (χ4v) is 2.71. The number of β-amino-alcohol motifs (C(OH)–C–C–N with tert-alkyl or cyclic N) is 1. The first-order valence-corrected chi connectivity index (χ1v) is 6.55. The maximum atomic E-state index is 14.2. The van der Waals surface area contributed by atoms with E-state index in [0.717, 1.165) is 19.4 Å². The highest BCUT2D eigenvalue weighted by Crippen LogP contribution is 2.30. The molecule has 0 bridgehead atoms. The molecule has 1 aromatic carbocycles. The van der Waals surface area contributed by atoms with Gasteiger partial charge >= 0.3 is 0 Å². The highest BCUT2D eigenvalue weighted by Gasteiger charge is 2.22. The van der Waals surface area contributed by atoms with Gasteiger partial charge in [0, 0.05) is 18.7 Å². The highest BCUT2D eigenvalue weighted by molar-refractivity contribution is 9.10. The Bertz CT molecular complexity index is 481. The lowest BCUT2D eigenvalue weighted by Gasteiger charge is -2.32. The number of amidine groups is 1. The molecule has 1 aliphatic heterocycles. The van der Waals surface area contributed by atoms with Crippen LogP contribution in [0.5, 0.6) is 0 Å². The molecule has 4 nitrogen and oxygen atoms in total. The smallest absolute Gasteiger partial charge is 0.161 e. The minimum absolute atomic E-state index is 0.175. The summed E-state index contributed by atoms with van der Waals surface area (Å²) in [6, 6.07) is 3.22. The molecular formula is C12H15BrFN3O. The molecule has 1 unspecified atom stereocenters. The summed E-state index contributed by atoms with van der Waals surface area (Å²) in [7, 11) is 0. The zero-order valence-electron chi connectivity index (χ0n) is 9.79. The van der Waals surface area contributed by atoms with Crippen LogP contribution in [0.1, 0.15) is 18.4 Å². The number of aliphatic hydroxyl groups is 1. The van der Waals surface area contributed by atoms with Crippen LogP contribution in [-0.2, 0) is 0 Å². The van der Waals surface area contributed by atoms with E-state index in [0.29, 0.717) is 17.8 Å². The first-order valence-electron chi connectivity index (χ1n) is 5.76. The lowest BCUT2D eigenvalue weighted by Crippen LogP contribution is -2.38. The minimum atomic E-state index is -0.434. The van der Waals surface area contributed by atoms with Crippen LogP contribution >= 0.6 is 15.9 Å². The molecule has 0 spiro atoms.